The second-order valence-electron chi connectivity index (χ2n) is 7.19. The lowest BCUT2D eigenvalue weighted by atomic mass is 10.2. The summed E-state index contributed by atoms with van der Waals surface area (Å²) >= 11 is 0. The molecular formula is C19H28N4O3S. The summed E-state index contributed by atoms with van der Waals surface area (Å²) in [5.41, 5.74) is 3.90. The Morgan fingerprint density at radius 2 is 1.78 bits per heavy atom. The maximum absolute atomic E-state index is 12.7. The van der Waals surface area contributed by atoms with Crippen LogP contribution in [0.4, 0.5) is 0 Å². The van der Waals surface area contributed by atoms with Gasteiger partial charge in [0.1, 0.15) is 0 Å². The summed E-state index contributed by atoms with van der Waals surface area (Å²) in [5.74, 6) is 0. The predicted octanol–water partition coefficient (Wildman–Crippen LogP) is 1.99. The van der Waals surface area contributed by atoms with Gasteiger partial charge in [-0.25, -0.2) is 0 Å². The first-order valence-corrected chi connectivity index (χ1v) is 10.7. The summed E-state index contributed by atoms with van der Waals surface area (Å²) in [6.07, 6.45) is -0.218. The van der Waals surface area contributed by atoms with Gasteiger partial charge in [0.2, 0.25) is 0 Å². The molecule has 148 valence electrons. The minimum Gasteiger partial charge on any atom is -0.373 e. The van der Waals surface area contributed by atoms with Crippen LogP contribution in [0.3, 0.4) is 0 Å². The molecule has 0 aliphatic carbocycles. The lowest BCUT2D eigenvalue weighted by Crippen LogP contribution is -2.51. The molecule has 3 rings (SSSR count). The maximum Gasteiger partial charge on any atom is 0.279 e. The van der Waals surface area contributed by atoms with Crippen LogP contribution in [0.5, 0.6) is 0 Å². The fraction of sp³-hybridized carbons (Fsp3) is 0.526. The molecule has 2 aromatic rings. The average Bonchev–Trinajstić information content (AvgIpc) is 2.86. The highest BCUT2D eigenvalue weighted by molar-refractivity contribution is 7.87. The Hall–Kier alpha value is -1.74. The van der Waals surface area contributed by atoms with Crippen molar-refractivity contribution in [1.29, 1.82) is 0 Å². The highest BCUT2D eigenvalue weighted by Gasteiger charge is 2.31. The van der Waals surface area contributed by atoms with E-state index in [1.165, 1.54) is 4.31 Å². The molecule has 7 nitrogen and oxygen atoms in total. The average molecular weight is 393 g/mol. The number of benzene rings is 1. The molecule has 1 aliphatic rings. The van der Waals surface area contributed by atoms with Gasteiger partial charge in [-0.2, -0.15) is 22.5 Å². The number of morpholine rings is 1. The Bertz CT molecular complexity index is 870. The van der Waals surface area contributed by atoms with Crippen molar-refractivity contribution in [3.63, 3.8) is 0 Å². The molecule has 1 N–H and O–H groups in total. The van der Waals surface area contributed by atoms with E-state index in [0.29, 0.717) is 19.6 Å². The summed E-state index contributed by atoms with van der Waals surface area (Å²) in [6, 6.07) is 10.1. The number of aromatic nitrogens is 2. The van der Waals surface area contributed by atoms with Crippen LogP contribution >= 0.6 is 0 Å². The monoisotopic (exact) mass is 392 g/mol. The van der Waals surface area contributed by atoms with E-state index >= 15 is 0 Å². The molecule has 2 atom stereocenters. The van der Waals surface area contributed by atoms with E-state index in [1.807, 2.05) is 50.6 Å². The largest absolute Gasteiger partial charge is 0.373 e. The van der Waals surface area contributed by atoms with Gasteiger partial charge in [0.05, 0.1) is 24.4 Å². The highest BCUT2D eigenvalue weighted by Crippen LogP contribution is 2.17. The Kier molecular flexibility index (Phi) is 6.00. The van der Waals surface area contributed by atoms with Gasteiger partial charge in [0.25, 0.3) is 10.2 Å². The Balaban J connectivity index is 1.70. The second kappa shape index (κ2) is 8.10. The van der Waals surface area contributed by atoms with E-state index in [1.54, 1.807) is 0 Å². The molecular weight excluding hydrogens is 364 g/mol. The summed E-state index contributed by atoms with van der Waals surface area (Å²) < 4.78 is 37.2. The van der Waals surface area contributed by atoms with E-state index in [2.05, 4.69) is 22.0 Å². The molecule has 0 spiro atoms. The van der Waals surface area contributed by atoms with Crippen LogP contribution in [0.25, 0.3) is 0 Å². The van der Waals surface area contributed by atoms with Crippen molar-refractivity contribution in [3.05, 3.63) is 52.8 Å². The number of aryl methyl sites for hydroxylation is 1. The third kappa shape index (κ3) is 4.76. The molecule has 1 fully saturated rings. The molecule has 27 heavy (non-hydrogen) atoms. The van der Waals surface area contributed by atoms with Crippen LogP contribution in [0.1, 0.15) is 36.4 Å². The Labute approximate surface area is 161 Å². The van der Waals surface area contributed by atoms with Crippen LogP contribution in [0.15, 0.2) is 30.3 Å². The van der Waals surface area contributed by atoms with Crippen LogP contribution in [-0.4, -0.2) is 47.8 Å². The standard InChI is InChI=1S/C19H28N4O3S/c1-14-11-22(12-15(2)26-14)27(24,25)20-10-19-16(3)21-23(17(19)4)13-18-8-6-5-7-9-18/h5-9,14-15,20H,10-13H2,1-4H3/t14-,15-/m0/s1. The van der Waals surface area contributed by atoms with Gasteiger partial charge >= 0.3 is 0 Å². The third-order valence-corrected chi connectivity index (χ3v) is 6.35. The van der Waals surface area contributed by atoms with Gasteiger partial charge in [0, 0.05) is 30.9 Å². The SMILES string of the molecule is Cc1nn(Cc2ccccc2)c(C)c1CNS(=O)(=O)N1C[C@H](C)O[C@@H](C)C1. The second-order valence-corrected chi connectivity index (χ2v) is 8.95. The van der Waals surface area contributed by atoms with Crippen molar-refractivity contribution in [3.8, 4) is 0 Å². The zero-order valence-corrected chi connectivity index (χ0v) is 17.2. The smallest absolute Gasteiger partial charge is 0.279 e. The quantitative estimate of drug-likeness (QED) is 0.816. The molecule has 0 unspecified atom stereocenters. The molecule has 0 amide bonds. The topological polar surface area (TPSA) is 76.5 Å². The maximum atomic E-state index is 12.7. The summed E-state index contributed by atoms with van der Waals surface area (Å²) in [7, 11) is -3.56. The first kappa shape index (κ1) is 20.0. The fourth-order valence-corrected chi connectivity index (χ4v) is 4.80. The lowest BCUT2D eigenvalue weighted by molar-refractivity contribution is -0.0444. The zero-order valence-electron chi connectivity index (χ0n) is 16.3. The van der Waals surface area contributed by atoms with Crippen molar-refractivity contribution in [2.75, 3.05) is 13.1 Å². The van der Waals surface area contributed by atoms with Gasteiger partial charge < -0.3 is 4.74 Å². The Morgan fingerprint density at radius 1 is 1.15 bits per heavy atom. The molecule has 8 heteroatoms. The highest BCUT2D eigenvalue weighted by atomic mass is 32.2. The van der Waals surface area contributed by atoms with E-state index < -0.39 is 10.2 Å². The minimum atomic E-state index is -3.56. The number of nitrogens with zero attached hydrogens (tertiary/aromatic N) is 3. The minimum absolute atomic E-state index is 0.109. The van der Waals surface area contributed by atoms with Crippen LogP contribution in [0, 0.1) is 13.8 Å². The van der Waals surface area contributed by atoms with Gasteiger partial charge in [-0.05, 0) is 33.3 Å². The lowest BCUT2D eigenvalue weighted by Gasteiger charge is -2.34. The van der Waals surface area contributed by atoms with Crippen molar-refractivity contribution in [1.82, 2.24) is 18.8 Å². The molecule has 0 bridgehead atoms. The molecule has 0 saturated carbocycles. The van der Waals surface area contributed by atoms with Crippen molar-refractivity contribution in [2.24, 2.45) is 0 Å². The van der Waals surface area contributed by atoms with Crippen LogP contribution in [-0.2, 0) is 28.0 Å². The first-order valence-electron chi connectivity index (χ1n) is 9.23. The van der Waals surface area contributed by atoms with Crippen LogP contribution in [0.2, 0.25) is 0 Å². The molecule has 1 saturated heterocycles. The summed E-state index contributed by atoms with van der Waals surface area (Å²) in [5, 5.41) is 4.59. The number of hydrogen-bond acceptors (Lipinski definition) is 4. The normalized spacial score (nSPS) is 21.5. The first-order chi connectivity index (χ1) is 12.8. The van der Waals surface area contributed by atoms with E-state index in [4.69, 9.17) is 4.74 Å². The molecule has 1 aliphatic heterocycles. The van der Waals surface area contributed by atoms with Crippen molar-refractivity contribution >= 4 is 10.2 Å². The van der Waals surface area contributed by atoms with Crippen LogP contribution < -0.4 is 4.72 Å². The van der Waals surface area contributed by atoms with E-state index in [9.17, 15) is 8.42 Å². The number of ether oxygens (including phenoxy) is 1. The van der Waals surface area contributed by atoms with E-state index in [-0.39, 0.29) is 18.8 Å². The summed E-state index contributed by atoms with van der Waals surface area (Å²) in [4.78, 5) is 0. The molecule has 0 radical (unpaired) electrons. The van der Waals surface area contributed by atoms with Gasteiger partial charge in [0.15, 0.2) is 0 Å². The number of rotatable bonds is 6. The van der Waals surface area contributed by atoms with Gasteiger partial charge in [-0.3, -0.25) is 4.68 Å². The van der Waals surface area contributed by atoms with Gasteiger partial charge in [-0.1, -0.05) is 30.3 Å². The summed E-state index contributed by atoms with van der Waals surface area (Å²) in [6.45, 7) is 9.30. The Morgan fingerprint density at radius 3 is 2.41 bits per heavy atom. The predicted molar refractivity (Wildman–Crippen MR) is 105 cm³/mol. The van der Waals surface area contributed by atoms with E-state index in [0.717, 1.165) is 22.5 Å². The van der Waals surface area contributed by atoms with Crippen molar-refractivity contribution < 1.29 is 13.2 Å². The molecule has 1 aromatic carbocycles. The van der Waals surface area contributed by atoms with Crippen molar-refractivity contribution in [2.45, 2.75) is 53.0 Å². The molecule has 2 heterocycles. The fourth-order valence-electron chi connectivity index (χ4n) is 3.48. The number of nitrogens with one attached hydrogen (secondary N) is 1. The number of hydrogen-bond donors (Lipinski definition) is 1. The van der Waals surface area contributed by atoms with Gasteiger partial charge in [-0.15, -0.1) is 0 Å². The third-order valence-electron chi connectivity index (χ3n) is 4.86. The molecule has 1 aromatic heterocycles. The zero-order chi connectivity index (χ0) is 19.6.